The summed E-state index contributed by atoms with van der Waals surface area (Å²) in [4.78, 5) is 11.4. The SMILES string of the molecule is CNCCCC(=O)Nc1cc(F)c(Br)cc1F. The lowest BCUT2D eigenvalue weighted by atomic mass is 10.2. The predicted octanol–water partition coefficient (Wildman–Crippen LogP) is 2.67. The predicted molar refractivity (Wildman–Crippen MR) is 65.8 cm³/mol. The van der Waals surface area contributed by atoms with Gasteiger partial charge in [-0.05, 0) is 42.0 Å². The van der Waals surface area contributed by atoms with Gasteiger partial charge in [-0.1, -0.05) is 0 Å². The molecule has 0 radical (unpaired) electrons. The highest BCUT2D eigenvalue weighted by atomic mass is 79.9. The summed E-state index contributed by atoms with van der Waals surface area (Å²) in [5, 5.41) is 5.23. The van der Waals surface area contributed by atoms with Crippen molar-refractivity contribution in [3.63, 3.8) is 0 Å². The number of carbonyl (C=O) groups excluding carboxylic acids is 1. The minimum atomic E-state index is -0.666. The van der Waals surface area contributed by atoms with Gasteiger partial charge < -0.3 is 10.6 Å². The smallest absolute Gasteiger partial charge is 0.224 e. The Hall–Kier alpha value is -1.01. The highest BCUT2D eigenvalue weighted by Gasteiger charge is 2.10. The van der Waals surface area contributed by atoms with Gasteiger partial charge in [0.1, 0.15) is 11.6 Å². The van der Waals surface area contributed by atoms with Crippen LogP contribution in [0.15, 0.2) is 16.6 Å². The third-order valence-corrected chi connectivity index (χ3v) is 2.72. The van der Waals surface area contributed by atoms with E-state index in [-0.39, 0.29) is 22.5 Å². The summed E-state index contributed by atoms with van der Waals surface area (Å²) in [6.07, 6.45) is 0.904. The largest absolute Gasteiger partial charge is 0.324 e. The highest BCUT2D eigenvalue weighted by Crippen LogP contribution is 2.23. The molecule has 17 heavy (non-hydrogen) atoms. The molecule has 3 nitrogen and oxygen atoms in total. The molecule has 0 atom stereocenters. The molecule has 0 spiro atoms. The number of halogens is 3. The Kier molecular flexibility index (Phi) is 5.50. The van der Waals surface area contributed by atoms with Crippen LogP contribution in [0.3, 0.4) is 0 Å². The maximum atomic E-state index is 13.4. The molecule has 0 aliphatic heterocycles. The fourth-order valence-corrected chi connectivity index (χ4v) is 1.57. The second-order valence-electron chi connectivity index (χ2n) is 3.50. The zero-order valence-corrected chi connectivity index (χ0v) is 10.9. The van der Waals surface area contributed by atoms with Crippen molar-refractivity contribution in [1.29, 1.82) is 0 Å². The molecular weight excluding hydrogens is 294 g/mol. The second-order valence-corrected chi connectivity index (χ2v) is 4.36. The molecule has 0 unspecified atom stereocenters. The minimum absolute atomic E-state index is 0.0307. The summed E-state index contributed by atoms with van der Waals surface area (Å²) in [6, 6.07) is 1.94. The van der Waals surface area contributed by atoms with Crippen molar-refractivity contribution < 1.29 is 13.6 Å². The average molecular weight is 307 g/mol. The van der Waals surface area contributed by atoms with Crippen molar-refractivity contribution in [3.8, 4) is 0 Å². The summed E-state index contributed by atoms with van der Waals surface area (Å²) in [7, 11) is 1.78. The first-order valence-electron chi connectivity index (χ1n) is 5.13. The van der Waals surface area contributed by atoms with Crippen LogP contribution in [0.2, 0.25) is 0 Å². The molecule has 0 aromatic heterocycles. The third kappa shape index (κ3) is 4.40. The Morgan fingerprint density at radius 1 is 1.35 bits per heavy atom. The van der Waals surface area contributed by atoms with Gasteiger partial charge in [0.05, 0.1) is 10.2 Å². The van der Waals surface area contributed by atoms with Gasteiger partial charge in [0, 0.05) is 12.5 Å². The maximum absolute atomic E-state index is 13.4. The van der Waals surface area contributed by atoms with E-state index in [1.807, 2.05) is 0 Å². The molecule has 0 saturated heterocycles. The molecule has 0 aliphatic rings. The average Bonchev–Trinajstić information content (AvgIpc) is 2.26. The van der Waals surface area contributed by atoms with Crippen molar-refractivity contribution in [2.75, 3.05) is 18.9 Å². The Morgan fingerprint density at radius 2 is 2.06 bits per heavy atom. The molecule has 0 heterocycles. The number of carbonyl (C=O) groups is 1. The van der Waals surface area contributed by atoms with Gasteiger partial charge in [-0.25, -0.2) is 8.78 Å². The lowest BCUT2D eigenvalue weighted by Gasteiger charge is -2.07. The Morgan fingerprint density at radius 3 is 2.71 bits per heavy atom. The van der Waals surface area contributed by atoms with E-state index in [1.54, 1.807) is 7.05 Å². The van der Waals surface area contributed by atoms with Crippen molar-refractivity contribution in [1.82, 2.24) is 5.32 Å². The van der Waals surface area contributed by atoms with E-state index in [0.29, 0.717) is 13.0 Å². The molecule has 0 fully saturated rings. The van der Waals surface area contributed by atoms with Crippen LogP contribution in [0.5, 0.6) is 0 Å². The van der Waals surface area contributed by atoms with E-state index in [4.69, 9.17) is 0 Å². The summed E-state index contributed by atoms with van der Waals surface area (Å²) < 4.78 is 26.5. The van der Waals surface area contributed by atoms with Crippen LogP contribution in [0, 0.1) is 11.6 Å². The lowest BCUT2D eigenvalue weighted by Crippen LogP contribution is -2.16. The summed E-state index contributed by atoms with van der Waals surface area (Å²) in [5.41, 5.74) is -0.139. The molecule has 1 rings (SSSR count). The molecule has 2 N–H and O–H groups in total. The van der Waals surface area contributed by atoms with Crippen LogP contribution < -0.4 is 10.6 Å². The Balaban J connectivity index is 2.62. The molecule has 1 amide bonds. The number of hydrogen-bond acceptors (Lipinski definition) is 2. The quantitative estimate of drug-likeness (QED) is 0.648. The summed E-state index contributed by atoms with van der Waals surface area (Å²) >= 11 is 2.86. The standard InChI is InChI=1S/C11H13BrF2N2O/c1-15-4-2-3-11(17)16-10-6-8(13)7(12)5-9(10)14/h5-6,15H,2-4H2,1H3,(H,16,17). The number of nitrogens with one attached hydrogen (secondary N) is 2. The highest BCUT2D eigenvalue weighted by molar-refractivity contribution is 9.10. The zero-order chi connectivity index (χ0) is 12.8. The Labute approximate surface area is 107 Å². The number of benzene rings is 1. The fourth-order valence-electron chi connectivity index (χ4n) is 1.26. The number of anilines is 1. The van der Waals surface area contributed by atoms with Gasteiger partial charge in [0.2, 0.25) is 5.91 Å². The first-order chi connectivity index (χ1) is 8.04. The van der Waals surface area contributed by atoms with E-state index in [1.165, 1.54) is 0 Å². The molecule has 0 bridgehead atoms. The summed E-state index contributed by atoms with van der Waals surface area (Å²) in [5.74, 6) is -1.61. The van der Waals surface area contributed by atoms with E-state index in [9.17, 15) is 13.6 Å². The monoisotopic (exact) mass is 306 g/mol. The van der Waals surface area contributed by atoms with Gasteiger partial charge in [-0.15, -0.1) is 0 Å². The van der Waals surface area contributed by atoms with Gasteiger partial charge in [0.25, 0.3) is 0 Å². The van der Waals surface area contributed by atoms with E-state index >= 15 is 0 Å². The number of hydrogen-bond donors (Lipinski definition) is 2. The molecule has 1 aromatic rings. The van der Waals surface area contributed by atoms with Crippen molar-refractivity contribution in [2.45, 2.75) is 12.8 Å². The van der Waals surface area contributed by atoms with E-state index in [0.717, 1.165) is 12.1 Å². The molecule has 1 aromatic carbocycles. The minimum Gasteiger partial charge on any atom is -0.324 e. The zero-order valence-electron chi connectivity index (χ0n) is 9.32. The Bertz CT molecular complexity index is 413. The van der Waals surface area contributed by atoms with Gasteiger partial charge in [-0.3, -0.25) is 4.79 Å². The maximum Gasteiger partial charge on any atom is 0.224 e. The van der Waals surface area contributed by atoms with Gasteiger partial charge in [-0.2, -0.15) is 0 Å². The van der Waals surface area contributed by atoms with E-state index in [2.05, 4.69) is 26.6 Å². The topological polar surface area (TPSA) is 41.1 Å². The fraction of sp³-hybridized carbons (Fsp3) is 0.364. The molecule has 94 valence electrons. The van der Waals surface area contributed by atoms with Gasteiger partial charge in [0.15, 0.2) is 0 Å². The molecule has 0 saturated carbocycles. The lowest BCUT2D eigenvalue weighted by molar-refractivity contribution is -0.116. The normalized spacial score (nSPS) is 10.4. The second kappa shape index (κ2) is 6.66. The van der Waals surface area contributed by atoms with Gasteiger partial charge >= 0.3 is 0 Å². The van der Waals surface area contributed by atoms with Crippen LogP contribution in [-0.2, 0) is 4.79 Å². The first-order valence-corrected chi connectivity index (χ1v) is 5.93. The summed E-state index contributed by atoms with van der Waals surface area (Å²) in [6.45, 7) is 0.699. The van der Waals surface area contributed by atoms with Crippen LogP contribution in [0.1, 0.15) is 12.8 Å². The van der Waals surface area contributed by atoms with Crippen molar-refractivity contribution in [2.24, 2.45) is 0 Å². The third-order valence-electron chi connectivity index (χ3n) is 2.11. The first kappa shape index (κ1) is 14.1. The van der Waals surface area contributed by atoms with Crippen molar-refractivity contribution >= 4 is 27.5 Å². The molecule has 0 aliphatic carbocycles. The van der Waals surface area contributed by atoms with Crippen molar-refractivity contribution in [3.05, 3.63) is 28.2 Å². The van der Waals surface area contributed by atoms with Crippen LogP contribution in [0.25, 0.3) is 0 Å². The number of rotatable bonds is 5. The number of amides is 1. The molecule has 6 heteroatoms. The van der Waals surface area contributed by atoms with Crippen LogP contribution >= 0.6 is 15.9 Å². The molecular formula is C11H13BrF2N2O. The van der Waals surface area contributed by atoms with Crippen LogP contribution in [0.4, 0.5) is 14.5 Å². The van der Waals surface area contributed by atoms with E-state index < -0.39 is 11.6 Å². The van der Waals surface area contributed by atoms with Crippen LogP contribution in [-0.4, -0.2) is 19.5 Å².